The second-order valence-corrected chi connectivity index (χ2v) is 8.67. The van der Waals surface area contributed by atoms with Gasteiger partial charge in [0.15, 0.2) is 0 Å². The van der Waals surface area contributed by atoms with Crippen LogP contribution >= 0.6 is 11.6 Å². The van der Waals surface area contributed by atoms with Crippen molar-refractivity contribution < 1.29 is 36.3 Å². The summed E-state index contributed by atoms with van der Waals surface area (Å²) in [5.41, 5.74) is -3.99. The lowest BCUT2D eigenvalue weighted by molar-refractivity contribution is -0.242. The molecule has 0 bridgehead atoms. The number of para-hydroxylation sites is 1. The highest BCUT2D eigenvalue weighted by Crippen LogP contribution is 2.34. The summed E-state index contributed by atoms with van der Waals surface area (Å²) >= 11 is 5.94. The molecule has 2 aromatic rings. The molecule has 0 heterocycles. The topological polar surface area (TPSA) is 113 Å². The molecular weight excluding hydrogens is 449 g/mol. The number of anilines is 2. The Bertz CT molecular complexity index is 1100. The molecule has 0 unspecified atom stereocenters. The number of alkyl halides is 3. The van der Waals surface area contributed by atoms with Gasteiger partial charge in [-0.1, -0.05) is 23.7 Å². The molecule has 1 atom stereocenters. The smallest absolute Gasteiger partial charge is 0.373 e. The van der Waals surface area contributed by atoms with Gasteiger partial charge in [0.25, 0.3) is 5.91 Å². The van der Waals surface area contributed by atoms with Crippen LogP contribution in [0.25, 0.3) is 0 Å². The average molecular weight is 465 g/mol. The van der Waals surface area contributed by atoms with Crippen LogP contribution in [0.4, 0.5) is 24.5 Å². The molecule has 3 N–H and O–H groups in total. The Labute approximate surface area is 174 Å². The van der Waals surface area contributed by atoms with E-state index in [1.807, 2.05) is 5.32 Å². The number of aliphatic hydroxyl groups is 1. The highest BCUT2D eigenvalue weighted by molar-refractivity contribution is 7.91. The molecule has 0 aliphatic rings. The maximum atomic E-state index is 12.9. The minimum Gasteiger partial charge on any atom is -0.373 e. The second-order valence-electron chi connectivity index (χ2n) is 6.35. The van der Waals surface area contributed by atoms with Gasteiger partial charge in [-0.25, -0.2) is 8.42 Å². The normalized spacial score (nSPS) is 14.0. The van der Waals surface area contributed by atoms with Crippen LogP contribution in [-0.2, 0) is 19.4 Å². The maximum absolute atomic E-state index is 12.9. The maximum Gasteiger partial charge on any atom is 0.426 e. The molecule has 162 valence electrons. The Morgan fingerprint density at radius 1 is 1.03 bits per heavy atom. The highest BCUT2D eigenvalue weighted by atomic mass is 35.5. The zero-order chi connectivity index (χ0) is 22.9. The number of nitrogens with one attached hydrogen (secondary N) is 2. The molecule has 0 saturated heterocycles. The number of hydrogen-bond acceptors (Lipinski definition) is 5. The van der Waals surface area contributed by atoms with Crippen molar-refractivity contribution in [3.8, 4) is 0 Å². The highest BCUT2D eigenvalue weighted by Gasteiger charge is 2.55. The minimum atomic E-state index is -5.24. The fourth-order valence-corrected chi connectivity index (χ4v) is 3.99. The van der Waals surface area contributed by atoms with E-state index in [4.69, 9.17) is 11.6 Å². The molecule has 0 radical (unpaired) electrons. The van der Waals surface area contributed by atoms with Gasteiger partial charge in [-0.15, -0.1) is 0 Å². The first-order valence-corrected chi connectivity index (χ1v) is 10.1. The van der Waals surface area contributed by atoms with Crippen LogP contribution in [-0.4, -0.2) is 37.1 Å². The first kappa shape index (κ1) is 23.6. The van der Waals surface area contributed by atoms with Crippen molar-refractivity contribution in [3.05, 3.63) is 47.5 Å². The van der Waals surface area contributed by atoms with Crippen LogP contribution in [0, 0.1) is 0 Å². The van der Waals surface area contributed by atoms with Gasteiger partial charge in [0.1, 0.15) is 0 Å². The van der Waals surface area contributed by atoms with Crippen LogP contribution in [0.1, 0.15) is 13.8 Å². The summed E-state index contributed by atoms with van der Waals surface area (Å²) in [5.74, 6) is -2.28. The van der Waals surface area contributed by atoms with Crippen molar-refractivity contribution in [1.29, 1.82) is 0 Å². The third-order valence-corrected chi connectivity index (χ3v) is 6.10. The number of carbonyl (C=O) groups is 2. The second kappa shape index (κ2) is 8.25. The molecule has 0 saturated carbocycles. The number of amides is 2. The van der Waals surface area contributed by atoms with Crippen LogP contribution in [0.15, 0.2) is 52.3 Å². The summed E-state index contributed by atoms with van der Waals surface area (Å²) < 4.78 is 64.2. The Morgan fingerprint density at radius 3 is 2.17 bits per heavy atom. The molecule has 0 aliphatic carbocycles. The van der Waals surface area contributed by atoms with E-state index in [9.17, 15) is 36.3 Å². The minimum absolute atomic E-state index is 0.0275. The van der Waals surface area contributed by atoms with Gasteiger partial charge < -0.3 is 15.7 Å². The van der Waals surface area contributed by atoms with Crippen molar-refractivity contribution in [3.63, 3.8) is 0 Å². The van der Waals surface area contributed by atoms with Crippen LogP contribution in [0.5, 0.6) is 0 Å². The Hall–Kier alpha value is -2.63. The van der Waals surface area contributed by atoms with E-state index in [2.05, 4.69) is 5.32 Å². The summed E-state index contributed by atoms with van der Waals surface area (Å²) in [7, 11) is -4.18. The van der Waals surface area contributed by atoms with E-state index in [1.54, 1.807) is 0 Å². The molecule has 2 amide bonds. The van der Waals surface area contributed by atoms with E-state index in [0.717, 1.165) is 18.2 Å². The number of sulfone groups is 1. The van der Waals surface area contributed by atoms with Gasteiger partial charge in [-0.3, -0.25) is 9.59 Å². The van der Waals surface area contributed by atoms with E-state index < -0.39 is 33.4 Å². The van der Waals surface area contributed by atoms with Gasteiger partial charge in [0.2, 0.25) is 21.3 Å². The van der Waals surface area contributed by atoms with Crippen LogP contribution < -0.4 is 10.6 Å². The van der Waals surface area contributed by atoms with E-state index in [1.165, 1.54) is 31.2 Å². The Kier molecular flexibility index (Phi) is 6.50. The lowest BCUT2D eigenvalue weighted by Gasteiger charge is -2.25. The quantitative estimate of drug-likeness (QED) is 0.628. The SMILES string of the molecule is CC(=O)Nc1ccccc1S(=O)(=O)c1ccc(NC(=O)[C@@](C)(O)C(F)(F)F)c(Cl)c1. The molecule has 2 rings (SSSR count). The molecule has 0 fully saturated rings. The first-order valence-electron chi connectivity index (χ1n) is 8.19. The summed E-state index contributed by atoms with van der Waals surface area (Å²) in [5, 5.41) is 13.2. The van der Waals surface area contributed by atoms with Gasteiger partial charge in [-0.2, -0.15) is 13.2 Å². The summed E-state index contributed by atoms with van der Waals surface area (Å²) in [6.07, 6.45) is -5.24. The lowest BCUT2D eigenvalue weighted by atomic mass is 10.1. The number of hydrogen-bond donors (Lipinski definition) is 3. The third-order valence-electron chi connectivity index (χ3n) is 3.98. The van der Waals surface area contributed by atoms with E-state index in [0.29, 0.717) is 0 Å². The largest absolute Gasteiger partial charge is 0.426 e. The predicted molar refractivity (Wildman–Crippen MR) is 103 cm³/mol. The molecule has 0 aliphatic heterocycles. The van der Waals surface area contributed by atoms with Crippen molar-refractivity contribution in [2.45, 2.75) is 35.4 Å². The zero-order valence-electron chi connectivity index (χ0n) is 15.5. The monoisotopic (exact) mass is 464 g/mol. The molecule has 7 nitrogen and oxygen atoms in total. The predicted octanol–water partition coefficient (Wildman–Crippen LogP) is 3.38. The van der Waals surface area contributed by atoms with E-state index >= 15 is 0 Å². The van der Waals surface area contributed by atoms with Crippen molar-refractivity contribution in [2.24, 2.45) is 0 Å². The number of benzene rings is 2. The number of halogens is 4. The summed E-state index contributed by atoms with van der Waals surface area (Å²) in [6, 6.07) is 8.52. The molecule has 0 aromatic heterocycles. The van der Waals surface area contributed by atoms with E-state index in [-0.39, 0.29) is 33.1 Å². The molecule has 12 heteroatoms. The van der Waals surface area contributed by atoms with Crippen molar-refractivity contribution >= 4 is 44.6 Å². The lowest BCUT2D eigenvalue weighted by Crippen LogP contribution is -2.52. The van der Waals surface area contributed by atoms with Crippen LogP contribution in [0.2, 0.25) is 5.02 Å². The van der Waals surface area contributed by atoms with Gasteiger partial charge in [0, 0.05) is 6.92 Å². The number of carbonyl (C=O) groups excluding carboxylic acids is 2. The van der Waals surface area contributed by atoms with Crippen LogP contribution in [0.3, 0.4) is 0 Å². The van der Waals surface area contributed by atoms with Crippen molar-refractivity contribution in [2.75, 3.05) is 10.6 Å². The zero-order valence-corrected chi connectivity index (χ0v) is 17.1. The first-order chi connectivity index (χ1) is 13.7. The third kappa shape index (κ3) is 4.74. The van der Waals surface area contributed by atoms with Gasteiger partial charge >= 0.3 is 6.18 Å². The fraction of sp³-hybridized carbons (Fsp3) is 0.222. The molecule has 2 aromatic carbocycles. The Balaban J connectivity index is 2.40. The Morgan fingerprint density at radius 2 is 1.63 bits per heavy atom. The van der Waals surface area contributed by atoms with Gasteiger partial charge in [0.05, 0.1) is 26.2 Å². The molecule has 0 spiro atoms. The number of rotatable bonds is 5. The molecule has 30 heavy (non-hydrogen) atoms. The summed E-state index contributed by atoms with van der Waals surface area (Å²) in [4.78, 5) is 22.5. The average Bonchev–Trinajstić information content (AvgIpc) is 2.62. The van der Waals surface area contributed by atoms with Gasteiger partial charge in [-0.05, 0) is 37.3 Å². The standard InChI is InChI=1S/C18H16ClF3N2O5S/c1-10(25)23-14-5-3-4-6-15(14)30(28,29)11-7-8-13(12(19)9-11)24-16(26)17(2,27)18(20,21)22/h3-9,27H,1-2H3,(H,23,25)(H,24,26)/t17-/m1/s1. The molecular formula is C18H16ClF3N2O5S. The van der Waals surface area contributed by atoms with Crippen molar-refractivity contribution in [1.82, 2.24) is 0 Å². The summed E-state index contributed by atoms with van der Waals surface area (Å²) in [6.45, 7) is 1.47. The fourth-order valence-electron chi connectivity index (χ4n) is 2.26.